The minimum absolute atomic E-state index is 0.0470. The molecule has 19 heavy (non-hydrogen) atoms. The van der Waals surface area contributed by atoms with Gasteiger partial charge in [0, 0.05) is 18.7 Å². The lowest BCUT2D eigenvalue weighted by Gasteiger charge is -2.08. The van der Waals surface area contributed by atoms with E-state index in [9.17, 15) is 22.9 Å². The molecule has 7 nitrogen and oxygen atoms in total. The van der Waals surface area contributed by atoms with Crippen molar-refractivity contribution in [1.29, 1.82) is 0 Å². The molecule has 0 aliphatic carbocycles. The number of halogens is 2. The molecule has 2 N–H and O–H groups in total. The average Bonchev–Trinajstić information content (AvgIpc) is 2.32. The van der Waals surface area contributed by atoms with E-state index in [1.807, 2.05) is 0 Å². The van der Waals surface area contributed by atoms with Crippen LogP contribution in [0.5, 0.6) is 0 Å². The first-order valence-corrected chi connectivity index (χ1v) is 7.78. The number of sulfonamides is 1. The second kappa shape index (κ2) is 6.43. The molecule has 0 spiro atoms. The quantitative estimate of drug-likeness (QED) is 0.424. The molecule has 10 heteroatoms. The smallest absolute Gasteiger partial charge is 0.293 e. The Morgan fingerprint density at radius 2 is 2.11 bits per heavy atom. The van der Waals surface area contributed by atoms with E-state index in [1.54, 1.807) is 22.6 Å². The Morgan fingerprint density at radius 3 is 2.63 bits per heavy atom. The van der Waals surface area contributed by atoms with Crippen molar-refractivity contribution in [2.45, 2.75) is 0 Å². The Morgan fingerprint density at radius 1 is 1.47 bits per heavy atom. The number of hydrogen-bond acceptors (Lipinski definition) is 5. The van der Waals surface area contributed by atoms with E-state index in [2.05, 4.69) is 10.0 Å². The summed E-state index contributed by atoms with van der Waals surface area (Å²) in [5.41, 5.74) is -0.345. The van der Waals surface area contributed by atoms with Crippen LogP contribution in [-0.2, 0) is 10.0 Å². The number of nitro groups is 1. The molecular weight excluding hydrogens is 392 g/mol. The monoisotopic (exact) mass is 403 g/mol. The highest BCUT2D eigenvalue weighted by Crippen LogP contribution is 2.28. The number of nitrogens with zero attached hydrogens (tertiary/aromatic N) is 1. The van der Waals surface area contributed by atoms with Crippen LogP contribution in [0.1, 0.15) is 0 Å². The molecule has 0 radical (unpaired) electrons. The Kier molecular flexibility index (Phi) is 5.43. The molecule has 1 rings (SSSR count). The molecule has 0 bridgehead atoms. The van der Waals surface area contributed by atoms with Gasteiger partial charge in [-0.2, -0.15) is 0 Å². The Labute approximate surface area is 122 Å². The lowest BCUT2D eigenvalue weighted by atomic mass is 10.2. The Bertz CT molecular complexity index is 593. The molecule has 0 saturated heterocycles. The molecular formula is C9H11FIN3O4S. The van der Waals surface area contributed by atoms with Gasteiger partial charge in [0.05, 0.1) is 14.2 Å². The van der Waals surface area contributed by atoms with E-state index in [1.165, 1.54) is 7.05 Å². The van der Waals surface area contributed by atoms with Gasteiger partial charge < -0.3 is 5.32 Å². The van der Waals surface area contributed by atoms with E-state index in [4.69, 9.17) is 0 Å². The van der Waals surface area contributed by atoms with Crippen LogP contribution in [-0.4, -0.2) is 32.7 Å². The zero-order valence-corrected chi connectivity index (χ0v) is 12.8. The van der Waals surface area contributed by atoms with Crippen LogP contribution in [0.15, 0.2) is 12.1 Å². The summed E-state index contributed by atoms with van der Waals surface area (Å²) >= 11 is 1.64. The van der Waals surface area contributed by atoms with Gasteiger partial charge in [0.2, 0.25) is 10.0 Å². The van der Waals surface area contributed by atoms with Crippen molar-refractivity contribution < 1.29 is 17.7 Å². The van der Waals surface area contributed by atoms with Crippen molar-refractivity contribution in [3.05, 3.63) is 31.6 Å². The van der Waals surface area contributed by atoms with Crippen molar-refractivity contribution >= 4 is 44.0 Å². The molecule has 0 aromatic heterocycles. The number of rotatable bonds is 6. The van der Waals surface area contributed by atoms with Gasteiger partial charge in [-0.3, -0.25) is 10.1 Å². The lowest BCUT2D eigenvalue weighted by Crippen LogP contribution is -2.26. The fourth-order valence-corrected chi connectivity index (χ4v) is 2.28. The number of anilines is 1. The van der Waals surface area contributed by atoms with Gasteiger partial charge in [0.15, 0.2) is 0 Å². The van der Waals surface area contributed by atoms with Gasteiger partial charge in [-0.25, -0.2) is 17.5 Å². The normalized spacial score (nSPS) is 11.3. The van der Waals surface area contributed by atoms with E-state index in [0.717, 1.165) is 12.1 Å². The molecule has 0 heterocycles. The first-order chi connectivity index (χ1) is 8.76. The summed E-state index contributed by atoms with van der Waals surface area (Å²) in [6.07, 6.45) is 0. The Hall–Kier alpha value is -1.01. The summed E-state index contributed by atoms with van der Waals surface area (Å²) in [6.45, 7) is -0.0654. The number of hydrogen-bond donors (Lipinski definition) is 2. The third-order valence-corrected chi connectivity index (χ3v) is 4.42. The number of nitro benzene ring substituents is 1. The molecule has 106 valence electrons. The fourth-order valence-electron chi connectivity index (χ4n) is 1.25. The van der Waals surface area contributed by atoms with Crippen molar-refractivity contribution in [1.82, 2.24) is 4.72 Å². The highest BCUT2D eigenvalue weighted by atomic mass is 127. The van der Waals surface area contributed by atoms with Crippen LogP contribution in [0.4, 0.5) is 15.8 Å². The van der Waals surface area contributed by atoms with E-state index >= 15 is 0 Å². The number of benzene rings is 1. The molecule has 1 aromatic rings. The summed E-state index contributed by atoms with van der Waals surface area (Å²) in [6, 6.07) is 2.07. The molecule has 0 aliphatic rings. The van der Waals surface area contributed by atoms with Crippen LogP contribution in [0, 0.1) is 19.5 Å². The van der Waals surface area contributed by atoms with Crippen LogP contribution < -0.4 is 10.0 Å². The highest BCUT2D eigenvalue weighted by Gasteiger charge is 2.17. The minimum atomic E-state index is -3.42. The lowest BCUT2D eigenvalue weighted by molar-refractivity contribution is -0.384. The zero-order valence-electron chi connectivity index (χ0n) is 9.81. The van der Waals surface area contributed by atoms with E-state index < -0.39 is 20.8 Å². The zero-order chi connectivity index (χ0) is 14.6. The van der Waals surface area contributed by atoms with Gasteiger partial charge in [-0.15, -0.1) is 0 Å². The maximum atomic E-state index is 13.3. The predicted octanol–water partition coefficient (Wildman–Crippen LogP) is 1.30. The minimum Gasteiger partial charge on any atom is -0.378 e. The average molecular weight is 403 g/mol. The first-order valence-electron chi connectivity index (χ1n) is 5.05. The predicted molar refractivity (Wildman–Crippen MR) is 77.1 cm³/mol. The van der Waals surface area contributed by atoms with Crippen molar-refractivity contribution in [2.24, 2.45) is 0 Å². The Balaban J connectivity index is 2.89. The van der Waals surface area contributed by atoms with Crippen molar-refractivity contribution in [3.8, 4) is 0 Å². The number of nitrogens with one attached hydrogen (secondary N) is 2. The molecule has 0 saturated carbocycles. The molecule has 1 aromatic carbocycles. The molecule has 0 atom stereocenters. The van der Waals surface area contributed by atoms with Crippen molar-refractivity contribution in [3.63, 3.8) is 0 Å². The van der Waals surface area contributed by atoms with Gasteiger partial charge in [0.1, 0.15) is 11.5 Å². The van der Waals surface area contributed by atoms with Gasteiger partial charge in [0.25, 0.3) is 5.69 Å². The SMILES string of the molecule is CNS(=O)(=O)CCNc1cc(F)c(I)cc1[N+](=O)[O-]. The standard InChI is InChI=1S/C9H11FIN3O4S/c1-12-19(17,18)3-2-13-8-4-6(10)7(11)5-9(8)14(15)16/h4-5,12-13H,2-3H2,1H3. The second-order valence-electron chi connectivity index (χ2n) is 3.49. The maximum Gasteiger partial charge on any atom is 0.293 e. The van der Waals surface area contributed by atoms with Gasteiger partial charge in [-0.1, -0.05) is 0 Å². The third-order valence-electron chi connectivity index (χ3n) is 2.23. The largest absolute Gasteiger partial charge is 0.378 e. The molecule has 0 fully saturated rings. The van der Waals surface area contributed by atoms with E-state index in [0.29, 0.717) is 0 Å². The highest BCUT2D eigenvalue weighted by molar-refractivity contribution is 14.1. The summed E-state index contributed by atoms with van der Waals surface area (Å²) in [5, 5.41) is 13.4. The van der Waals surface area contributed by atoms with Gasteiger partial charge >= 0.3 is 0 Å². The topological polar surface area (TPSA) is 101 Å². The fraction of sp³-hybridized carbons (Fsp3) is 0.333. The summed E-state index contributed by atoms with van der Waals surface area (Å²) in [7, 11) is -2.15. The van der Waals surface area contributed by atoms with Crippen molar-refractivity contribution in [2.75, 3.05) is 24.7 Å². The summed E-state index contributed by atoms with van der Waals surface area (Å²) in [5.74, 6) is -0.876. The van der Waals surface area contributed by atoms with Gasteiger partial charge in [-0.05, 0) is 29.6 Å². The summed E-state index contributed by atoms with van der Waals surface area (Å²) < 4.78 is 37.9. The molecule has 0 unspecified atom stereocenters. The third kappa shape index (κ3) is 4.54. The molecule has 0 aliphatic heterocycles. The molecule has 0 amide bonds. The summed E-state index contributed by atoms with van der Waals surface area (Å²) in [4.78, 5) is 10.2. The van der Waals surface area contributed by atoms with Crippen LogP contribution in [0.25, 0.3) is 0 Å². The van der Waals surface area contributed by atoms with Crippen LogP contribution >= 0.6 is 22.6 Å². The maximum absolute atomic E-state index is 13.3. The van der Waals surface area contributed by atoms with Crippen LogP contribution in [0.2, 0.25) is 0 Å². The first kappa shape index (κ1) is 16.0. The van der Waals surface area contributed by atoms with E-state index in [-0.39, 0.29) is 27.2 Å². The van der Waals surface area contributed by atoms with Crippen LogP contribution in [0.3, 0.4) is 0 Å². The second-order valence-corrected chi connectivity index (χ2v) is 6.70.